The fourth-order valence-corrected chi connectivity index (χ4v) is 3.31. The third-order valence-corrected chi connectivity index (χ3v) is 4.83. The van der Waals surface area contributed by atoms with Gasteiger partial charge in [-0.2, -0.15) is 5.10 Å². The summed E-state index contributed by atoms with van der Waals surface area (Å²) >= 11 is 0. The number of nitrogens with one attached hydrogen (secondary N) is 2. The molecule has 2 atom stereocenters. The molecule has 2 aliphatic rings. The minimum Gasteiger partial charge on any atom is -0.355 e. The number of aryl methyl sites for hydroxylation is 2. The van der Waals surface area contributed by atoms with Gasteiger partial charge in [-0.25, -0.2) is 0 Å². The minimum absolute atomic E-state index is 0.0972. The molecule has 1 aliphatic heterocycles. The smallest absolute Gasteiger partial charge is 0.227 e. The minimum atomic E-state index is -0.0972. The molecule has 2 heterocycles. The predicted octanol–water partition coefficient (Wildman–Crippen LogP) is 0.387. The number of hydrogen-bond acceptors (Lipinski definition) is 3. The second kappa shape index (κ2) is 4.63. The molecule has 1 aromatic rings. The maximum absolute atomic E-state index is 12.3. The Labute approximate surface area is 113 Å². The number of rotatable bonds is 4. The molecule has 2 N–H and O–H groups in total. The summed E-state index contributed by atoms with van der Waals surface area (Å²) in [5, 5.41) is 10.8. The van der Waals surface area contributed by atoms with Crippen LogP contribution >= 0.6 is 0 Å². The van der Waals surface area contributed by atoms with Crippen molar-refractivity contribution >= 4 is 5.91 Å². The van der Waals surface area contributed by atoms with Crippen molar-refractivity contribution in [2.45, 2.75) is 26.2 Å². The zero-order valence-electron chi connectivity index (χ0n) is 11.7. The first-order chi connectivity index (χ1) is 9.12. The van der Waals surface area contributed by atoms with E-state index in [2.05, 4.69) is 21.8 Å². The Morgan fingerprint density at radius 1 is 1.68 bits per heavy atom. The molecule has 104 valence electrons. The Morgan fingerprint density at radius 3 is 3.11 bits per heavy atom. The standard InChI is InChI=1S/C14H22N4O/c1-10-7-12(17-18(10)2)4-6-16-13(19)14-5-3-11(14)8-15-9-14/h7,11,15H,3-6,8-9H2,1-2H3,(H,16,19)/t11-,14-/m0/s1. The number of aromatic nitrogens is 2. The number of nitrogens with zero attached hydrogens (tertiary/aromatic N) is 2. The van der Waals surface area contributed by atoms with Crippen molar-refractivity contribution in [3.8, 4) is 0 Å². The van der Waals surface area contributed by atoms with Gasteiger partial charge in [0.15, 0.2) is 0 Å². The van der Waals surface area contributed by atoms with Crippen molar-refractivity contribution in [3.05, 3.63) is 17.5 Å². The lowest BCUT2D eigenvalue weighted by Crippen LogP contribution is -2.52. The van der Waals surface area contributed by atoms with Crippen molar-refractivity contribution < 1.29 is 4.79 Å². The molecule has 0 radical (unpaired) electrons. The van der Waals surface area contributed by atoms with Gasteiger partial charge >= 0.3 is 0 Å². The molecule has 3 rings (SSSR count). The van der Waals surface area contributed by atoms with Crippen LogP contribution in [0.25, 0.3) is 0 Å². The summed E-state index contributed by atoms with van der Waals surface area (Å²) in [7, 11) is 1.94. The summed E-state index contributed by atoms with van der Waals surface area (Å²) < 4.78 is 1.87. The van der Waals surface area contributed by atoms with E-state index in [0.717, 1.165) is 37.3 Å². The van der Waals surface area contributed by atoms with E-state index < -0.39 is 0 Å². The summed E-state index contributed by atoms with van der Waals surface area (Å²) in [6.45, 7) is 4.58. The van der Waals surface area contributed by atoms with Crippen LogP contribution in [0.15, 0.2) is 6.07 Å². The van der Waals surface area contributed by atoms with E-state index in [4.69, 9.17) is 0 Å². The molecule has 5 nitrogen and oxygen atoms in total. The van der Waals surface area contributed by atoms with Crippen LogP contribution in [-0.4, -0.2) is 35.3 Å². The molecule has 0 bridgehead atoms. The highest BCUT2D eigenvalue weighted by molar-refractivity contribution is 5.84. The molecule has 1 aromatic heterocycles. The predicted molar refractivity (Wildman–Crippen MR) is 72.7 cm³/mol. The van der Waals surface area contributed by atoms with Gasteiger partial charge < -0.3 is 10.6 Å². The lowest BCUT2D eigenvalue weighted by Gasteiger charge is -2.42. The molecule has 5 heteroatoms. The number of fused-ring (bicyclic) bond motifs is 1. The summed E-state index contributed by atoms with van der Waals surface area (Å²) in [6, 6.07) is 2.08. The summed E-state index contributed by atoms with van der Waals surface area (Å²) in [6.07, 6.45) is 3.04. The van der Waals surface area contributed by atoms with Crippen molar-refractivity contribution in [1.29, 1.82) is 0 Å². The van der Waals surface area contributed by atoms with Gasteiger partial charge in [-0.15, -0.1) is 0 Å². The fraction of sp³-hybridized carbons (Fsp3) is 0.714. The molecule has 0 spiro atoms. The fourth-order valence-electron chi connectivity index (χ4n) is 3.31. The first-order valence-corrected chi connectivity index (χ1v) is 7.10. The van der Waals surface area contributed by atoms with E-state index in [1.165, 1.54) is 6.42 Å². The van der Waals surface area contributed by atoms with Crippen molar-refractivity contribution in [2.75, 3.05) is 19.6 Å². The molecule has 2 fully saturated rings. The summed E-state index contributed by atoms with van der Waals surface area (Å²) in [5.41, 5.74) is 2.10. The summed E-state index contributed by atoms with van der Waals surface area (Å²) in [4.78, 5) is 12.3. The number of carbonyl (C=O) groups excluding carboxylic acids is 1. The van der Waals surface area contributed by atoms with Gasteiger partial charge in [0, 0.05) is 32.3 Å². The van der Waals surface area contributed by atoms with Crippen LogP contribution in [0.3, 0.4) is 0 Å². The van der Waals surface area contributed by atoms with Crippen LogP contribution in [0.4, 0.5) is 0 Å². The molecule has 0 unspecified atom stereocenters. The first-order valence-electron chi connectivity index (χ1n) is 7.10. The first kappa shape index (κ1) is 12.7. The van der Waals surface area contributed by atoms with Crippen LogP contribution in [0.5, 0.6) is 0 Å². The third kappa shape index (κ3) is 2.06. The van der Waals surface area contributed by atoms with E-state index in [1.54, 1.807) is 0 Å². The van der Waals surface area contributed by atoms with Crippen LogP contribution < -0.4 is 10.6 Å². The zero-order chi connectivity index (χ0) is 13.5. The Kier molecular flexibility index (Phi) is 3.09. The largest absolute Gasteiger partial charge is 0.355 e. The van der Waals surface area contributed by atoms with Crippen molar-refractivity contribution in [3.63, 3.8) is 0 Å². The van der Waals surface area contributed by atoms with E-state index >= 15 is 0 Å². The second-order valence-corrected chi connectivity index (χ2v) is 5.93. The Hall–Kier alpha value is -1.36. The summed E-state index contributed by atoms with van der Waals surface area (Å²) in [5.74, 6) is 0.797. The maximum Gasteiger partial charge on any atom is 0.227 e. The lowest BCUT2D eigenvalue weighted by atomic mass is 9.61. The van der Waals surface area contributed by atoms with E-state index in [1.807, 2.05) is 18.7 Å². The number of amides is 1. The third-order valence-electron chi connectivity index (χ3n) is 4.83. The Bertz CT molecular complexity index is 476. The SMILES string of the molecule is Cc1cc(CCNC(=O)[C@]23CC[C@H]2CNC3)nn1C. The van der Waals surface area contributed by atoms with Gasteiger partial charge in [-0.1, -0.05) is 0 Å². The monoisotopic (exact) mass is 262 g/mol. The van der Waals surface area contributed by atoms with E-state index in [0.29, 0.717) is 12.5 Å². The van der Waals surface area contributed by atoms with Crippen molar-refractivity contribution in [2.24, 2.45) is 18.4 Å². The van der Waals surface area contributed by atoms with Gasteiger partial charge in [0.2, 0.25) is 5.91 Å². The van der Waals surface area contributed by atoms with Crippen LogP contribution in [-0.2, 0) is 18.3 Å². The zero-order valence-corrected chi connectivity index (χ0v) is 11.7. The second-order valence-electron chi connectivity index (χ2n) is 5.93. The van der Waals surface area contributed by atoms with Gasteiger partial charge in [0.05, 0.1) is 11.1 Å². The molecular weight excluding hydrogens is 240 g/mol. The van der Waals surface area contributed by atoms with Gasteiger partial charge in [0.25, 0.3) is 0 Å². The highest BCUT2D eigenvalue weighted by Crippen LogP contribution is 2.49. The van der Waals surface area contributed by atoms with Gasteiger partial charge in [-0.3, -0.25) is 9.48 Å². The Morgan fingerprint density at radius 2 is 2.53 bits per heavy atom. The number of carbonyl (C=O) groups is 1. The molecular formula is C14H22N4O. The van der Waals surface area contributed by atoms with Crippen LogP contribution in [0.1, 0.15) is 24.2 Å². The average molecular weight is 262 g/mol. The molecule has 1 saturated heterocycles. The normalized spacial score (nSPS) is 28.8. The van der Waals surface area contributed by atoms with Crippen LogP contribution in [0.2, 0.25) is 0 Å². The lowest BCUT2D eigenvalue weighted by molar-refractivity contribution is -0.137. The van der Waals surface area contributed by atoms with E-state index in [9.17, 15) is 4.79 Å². The quantitative estimate of drug-likeness (QED) is 0.825. The van der Waals surface area contributed by atoms with E-state index in [-0.39, 0.29) is 11.3 Å². The molecule has 0 aromatic carbocycles. The molecule has 1 saturated carbocycles. The van der Waals surface area contributed by atoms with Crippen LogP contribution in [0, 0.1) is 18.3 Å². The number of hydrogen-bond donors (Lipinski definition) is 2. The molecule has 19 heavy (non-hydrogen) atoms. The van der Waals surface area contributed by atoms with Crippen molar-refractivity contribution in [1.82, 2.24) is 20.4 Å². The highest BCUT2D eigenvalue weighted by atomic mass is 16.2. The molecule has 1 aliphatic carbocycles. The van der Waals surface area contributed by atoms with Gasteiger partial charge in [-0.05, 0) is 38.3 Å². The van der Waals surface area contributed by atoms with Gasteiger partial charge in [0.1, 0.15) is 0 Å². The molecule has 1 amide bonds. The topological polar surface area (TPSA) is 59.0 Å². The highest BCUT2D eigenvalue weighted by Gasteiger charge is 2.54. The average Bonchev–Trinajstić information content (AvgIpc) is 2.81. The Balaban J connectivity index is 1.51. The maximum atomic E-state index is 12.3.